The van der Waals surface area contributed by atoms with E-state index in [1.165, 1.54) is 0 Å². The van der Waals surface area contributed by atoms with Gasteiger partial charge in [-0.1, -0.05) is 36.4 Å². The Morgan fingerprint density at radius 3 is 2.17 bits per heavy atom. The summed E-state index contributed by atoms with van der Waals surface area (Å²) in [5, 5.41) is 2.14. The fourth-order valence-electron chi connectivity index (χ4n) is 3.05. The SMILES string of the molecule is CCO[C@H]1CO[C@@H](C)[C@@H](NN(c2ccccc2)c2ccccc2)C1. The highest BCUT2D eigenvalue weighted by molar-refractivity contribution is 5.61. The molecule has 1 fully saturated rings. The molecule has 0 radical (unpaired) electrons. The Morgan fingerprint density at radius 1 is 1.04 bits per heavy atom. The van der Waals surface area contributed by atoms with Crippen molar-refractivity contribution in [1.82, 2.24) is 5.43 Å². The molecule has 1 heterocycles. The molecule has 128 valence electrons. The van der Waals surface area contributed by atoms with Crippen LogP contribution in [0.25, 0.3) is 0 Å². The first-order chi connectivity index (χ1) is 11.8. The van der Waals surface area contributed by atoms with Gasteiger partial charge in [-0.15, -0.1) is 0 Å². The standard InChI is InChI=1S/C20H26N2O2/c1-3-23-19-14-20(16(2)24-15-19)21-22(17-10-6-4-7-11-17)18-12-8-5-9-13-18/h4-13,16,19-21H,3,14-15H2,1-2H3/t16-,19+,20-/m0/s1. The Balaban J connectivity index is 1.81. The van der Waals surface area contributed by atoms with Gasteiger partial charge in [0.05, 0.1) is 36.2 Å². The molecule has 2 aromatic rings. The van der Waals surface area contributed by atoms with E-state index in [1.54, 1.807) is 0 Å². The van der Waals surface area contributed by atoms with Crippen LogP contribution in [0.1, 0.15) is 20.3 Å². The topological polar surface area (TPSA) is 33.7 Å². The highest BCUT2D eigenvalue weighted by Gasteiger charge is 2.30. The third kappa shape index (κ3) is 4.15. The van der Waals surface area contributed by atoms with E-state index in [4.69, 9.17) is 9.47 Å². The Labute approximate surface area is 144 Å². The Morgan fingerprint density at radius 2 is 1.62 bits per heavy atom. The van der Waals surface area contributed by atoms with Crippen LogP contribution >= 0.6 is 0 Å². The van der Waals surface area contributed by atoms with Crippen molar-refractivity contribution in [3.05, 3.63) is 60.7 Å². The third-order valence-electron chi connectivity index (χ3n) is 4.35. The predicted molar refractivity (Wildman–Crippen MR) is 97.4 cm³/mol. The van der Waals surface area contributed by atoms with Gasteiger partial charge in [0.2, 0.25) is 0 Å². The summed E-state index contributed by atoms with van der Waals surface area (Å²) in [7, 11) is 0. The van der Waals surface area contributed by atoms with Crippen molar-refractivity contribution < 1.29 is 9.47 Å². The van der Waals surface area contributed by atoms with Crippen LogP contribution in [0.15, 0.2) is 60.7 Å². The van der Waals surface area contributed by atoms with Gasteiger partial charge in [-0.2, -0.15) is 0 Å². The molecular formula is C20H26N2O2. The van der Waals surface area contributed by atoms with Gasteiger partial charge in [-0.25, -0.2) is 5.43 Å². The summed E-state index contributed by atoms with van der Waals surface area (Å²) in [5.41, 5.74) is 5.87. The number of para-hydroxylation sites is 2. The minimum atomic E-state index is 0.136. The molecule has 24 heavy (non-hydrogen) atoms. The van der Waals surface area contributed by atoms with Crippen molar-refractivity contribution >= 4 is 11.4 Å². The predicted octanol–water partition coefficient (Wildman–Crippen LogP) is 3.91. The highest BCUT2D eigenvalue weighted by atomic mass is 16.5. The van der Waals surface area contributed by atoms with Gasteiger partial charge in [-0.05, 0) is 44.5 Å². The zero-order valence-corrected chi connectivity index (χ0v) is 14.4. The molecule has 2 aromatic carbocycles. The minimum Gasteiger partial charge on any atom is -0.376 e. The first-order valence-corrected chi connectivity index (χ1v) is 8.67. The lowest BCUT2D eigenvalue weighted by molar-refractivity contribution is -0.0918. The first-order valence-electron chi connectivity index (χ1n) is 8.67. The smallest absolute Gasteiger partial charge is 0.0825 e. The summed E-state index contributed by atoms with van der Waals surface area (Å²) in [6.07, 6.45) is 1.22. The van der Waals surface area contributed by atoms with Gasteiger partial charge in [0.25, 0.3) is 0 Å². The number of nitrogens with zero attached hydrogens (tertiary/aromatic N) is 1. The number of hydrazine groups is 1. The molecule has 0 unspecified atom stereocenters. The van der Waals surface area contributed by atoms with Crippen molar-refractivity contribution in [2.24, 2.45) is 0 Å². The Kier molecular flexibility index (Phi) is 5.86. The second kappa shape index (κ2) is 8.29. The normalized spacial score (nSPS) is 23.8. The highest BCUT2D eigenvalue weighted by Crippen LogP contribution is 2.25. The lowest BCUT2D eigenvalue weighted by atomic mass is 10.0. The van der Waals surface area contributed by atoms with E-state index in [0.29, 0.717) is 6.61 Å². The summed E-state index contributed by atoms with van der Waals surface area (Å²) in [4.78, 5) is 0. The molecule has 0 amide bonds. The average molecular weight is 326 g/mol. The van der Waals surface area contributed by atoms with E-state index in [0.717, 1.165) is 24.4 Å². The molecule has 0 saturated carbocycles. The fourth-order valence-corrected chi connectivity index (χ4v) is 3.05. The monoisotopic (exact) mass is 326 g/mol. The van der Waals surface area contributed by atoms with E-state index in [9.17, 15) is 0 Å². The van der Waals surface area contributed by atoms with Crippen LogP contribution in [-0.2, 0) is 9.47 Å². The zero-order valence-electron chi connectivity index (χ0n) is 14.4. The number of anilines is 2. The molecule has 1 N–H and O–H groups in total. The summed E-state index contributed by atoms with van der Waals surface area (Å²) in [6, 6.07) is 20.9. The van der Waals surface area contributed by atoms with Crippen LogP contribution in [-0.4, -0.2) is 31.5 Å². The van der Waals surface area contributed by atoms with Crippen molar-refractivity contribution in [3.8, 4) is 0 Å². The zero-order chi connectivity index (χ0) is 16.8. The lowest BCUT2D eigenvalue weighted by Crippen LogP contribution is -2.53. The van der Waals surface area contributed by atoms with Crippen LogP contribution in [0.3, 0.4) is 0 Å². The van der Waals surface area contributed by atoms with Gasteiger partial charge in [0.1, 0.15) is 0 Å². The summed E-state index contributed by atoms with van der Waals surface area (Å²) in [6.45, 7) is 5.54. The largest absolute Gasteiger partial charge is 0.376 e. The van der Waals surface area contributed by atoms with Crippen LogP contribution < -0.4 is 10.4 Å². The van der Waals surface area contributed by atoms with Crippen molar-refractivity contribution in [2.45, 2.75) is 38.5 Å². The molecular weight excluding hydrogens is 300 g/mol. The first kappa shape index (κ1) is 17.0. The van der Waals surface area contributed by atoms with E-state index in [1.807, 2.05) is 19.1 Å². The maximum absolute atomic E-state index is 5.91. The van der Waals surface area contributed by atoms with Crippen molar-refractivity contribution in [1.29, 1.82) is 0 Å². The molecule has 4 heteroatoms. The van der Waals surface area contributed by atoms with Gasteiger partial charge >= 0.3 is 0 Å². The number of nitrogens with one attached hydrogen (secondary N) is 1. The van der Waals surface area contributed by atoms with Crippen LogP contribution in [0.4, 0.5) is 11.4 Å². The summed E-state index contributed by atoms with van der Waals surface area (Å²) in [5.74, 6) is 0. The average Bonchev–Trinajstić information content (AvgIpc) is 2.64. The molecule has 3 atom stereocenters. The molecule has 4 nitrogen and oxygen atoms in total. The molecule has 1 saturated heterocycles. The lowest BCUT2D eigenvalue weighted by Gasteiger charge is -2.38. The van der Waals surface area contributed by atoms with Crippen molar-refractivity contribution in [2.75, 3.05) is 18.2 Å². The van der Waals surface area contributed by atoms with Crippen LogP contribution in [0, 0.1) is 0 Å². The van der Waals surface area contributed by atoms with E-state index in [2.05, 4.69) is 65.9 Å². The Hall–Kier alpha value is -1.88. The number of hydrogen-bond acceptors (Lipinski definition) is 4. The number of rotatable bonds is 6. The molecule has 0 aliphatic carbocycles. The Bertz CT molecular complexity index is 566. The molecule has 1 aliphatic rings. The summed E-state index contributed by atoms with van der Waals surface area (Å²) >= 11 is 0. The molecule has 0 aromatic heterocycles. The number of hydrogen-bond donors (Lipinski definition) is 1. The van der Waals surface area contributed by atoms with Crippen LogP contribution in [0.5, 0.6) is 0 Å². The minimum absolute atomic E-state index is 0.136. The third-order valence-corrected chi connectivity index (χ3v) is 4.35. The molecule has 0 spiro atoms. The van der Waals surface area contributed by atoms with Gasteiger partial charge in [0, 0.05) is 6.61 Å². The maximum atomic E-state index is 5.91. The van der Waals surface area contributed by atoms with Gasteiger partial charge in [-0.3, -0.25) is 5.01 Å². The second-order valence-corrected chi connectivity index (χ2v) is 6.09. The van der Waals surface area contributed by atoms with Crippen LogP contribution in [0.2, 0.25) is 0 Å². The number of ether oxygens (including phenoxy) is 2. The molecule has 3 rings (SSSR count). The van der Waals surface area contributed by atoms with E-state index in [-0.39, 0.29) is 18.2 Å². The fraction of sp³-hybridized carbons (Fsp3) is 0.400. The summed E-state index contributed by atoms with van der Waals surface area (Å²) < 4.78 is 11.7. The van der Waals surface area contributed by atoms with Gasteiger partial charge < -0.3 is 9.47 Å². The number of benzene rings is 2. The molecule has 1 aliphatic heterocycles. The maximum Gasteiger partial charge on any atom is 0.0825 e. The van der Waals surface area contributed by atoms with Crippen molar-refractivity contribution in [3.63, 3.8) is 0 Å². The quantitative estimate of drug-likeness (QED) is 0.816. The van der Waals surface area contributed by atoms with E-state index >= 15 is 0 Å². The molecule has 0 bridgehead atoms. The van der Waals surface area contributed by atoms with Gasteiger partial charge in [0.15, 0.2) is 0 Å². The van der Waals surface area contributed by atoms with E-state index < -0.39 is 0 Å². The second-order valence-electron chi connectivity index (χ2n) is 6.09.